The first kappa shape index (κ1) is 67.0. The molecular weight excluding hydrogens is 869 g/mol. The molecule has 5 heteroatoms. The first-order valence-corrected chi connectivity index (χ1v) is 32.5. The summed E-state index contributed by atoms with van der Waals surface area (Å²) >= 11 is 0. The lowest BCUT2D eigenvalue weighted by Crippen LogP contribution is -2.26. The van der Waals surface area contributed by atoms with Gasteiger partial charge in [-0.2, -0.15) is 0 Å². The van der Waals surface area contributed by atoms with Crippen molar-refractivity contribution in [1.29, 1.82) is 0 Å². The third kappa shape index (κ3) is 46.2. The van der Waals surface area contributed by atoms with Crippen molar-refractivity contribution in [3.8, 4) is 5.75 Å². The number of rotatable bonds is 58. The van der Waals surface area contributed by atoms with Crippen LogP contribution < -0.4 is 15.4 Å². The van der Waals surface area contributed by atoms with Crippen LogP contribution in [0.5, 0.6) is 5.75 Å². The van der Waals surface area contributed by atoms with Gasteiger partial charge in [-0.3, -0.25) is 9.59 Å². The van der Waals surface area contributed by atoms with Crippen LogP contribution >= 0.6 is 0 Å². The lowest BCUT2D eigenvalue weighted by Gasteiger charge is -2.14. The Morgan fingerprint density at radius 2 is 0.549 bits per heavy atom. The highest BCUT2D eigenvalue weighted by Crippen LogP contribution is 2.23. The van der Waals surface area contributed by atoms with E-state index in [0.717, 1.165) is 38.5 Å². The zero-order valence-electron chi connectivity index (χ0n) is 48.3. The van der Waals surface area contributed by atoms with Crippen LogP contribution in [0.2, 0.25) is 0 Å². The van der Waals surface area contributed by atoms with Crippen molar-refractivity contribution in [2.45, 2.75) is 355 Å². The number of amides is 2. The molecule has 0 saturated carbocycles. The molecular formula is C66H124N2O3. The van der Waals surface area contributed by atoms with Crippen LogP contribution in [0, 0.1) is 0 Å². The summed E-state index contributed by atoms with van der Waals surface area (Å²) in [6, 6.07) is 5.39. The maximum Gasteiger partial charge on any atom is 0.255 e. The first-order valence-electron chi connectivity index (χ1n) is 32.5. The molecule has 0 radical (unpaired) electrons. The number of nitrogens with one attached hydrogen (secondary N) is 2. The molecule has 0 aliphatic heterocycles. The van der Waals surface area contributed by atoms with Crippen LogP contribution in [-0.2, 0) is 0 Å². The van der Waals surface area contributed by atoms with Gasteiger partial charge in [0.2, 0.25) is 0 Å². The predicted molar refractivity (Wildman–Crippen MR) is 314 cm³/mol. The van der Waals surface area contributed by atoms with Gasteiger partial charge in [-0.1, -0.05) is 335 Å². The summed E-state index contributed by atoms with van der Waals surface area (Å²) in [5, 5.41) is 6.30. The van der Waals surface area contributed by atoms with Gasteiger partial charge in [-0.15, -0.1) is 0 Å². The van der Waals surface area contributed by atoms with E-state index in [1.54, 1.807) is 18.2 Å². The number of ether oxygens (including phenoxy) is 1. The van der Waals surface area contributed by atoms with Crippen molar-refractivity contribution in [3.05, 3.63) is 29.3 Å². The van der Waals surface area contributed by atoms with Gasteiger partial charge in [0.15, 0.2) is 0 Å². The van der Waals surface area contributed by atoms with Crippen LogP contribution in [-0.4, -0.2) is 31.5 Å². The van der Waals surface area contributed by atoms with Crippen molar-refractivity contribution < 1.29 is 14.3 Å². The predicted octanol–water partition coefficient (Wildman–Crippen LogP) is 21.9. The van der Waals surface area contributed by atoms with Crippen molar-refractivity contribution in [1.82, 2.24) is 10.6 Å². The molecule has 0 fully saturated rings. The van der Waals surface area contributed by atoms with Crippen molar-refractivity contribution in [2.24, 2.45) is 0 Å². The van der Waals surface area contributed by atoms with Crippen LogP contribution in [0.1, 0.15) is 375 Å². The summed E-state index contributed by atoms with van der Waals surface area (Å²) in [5.41, 5.74) is 1.12. The smallest absolute Gasteiger partial charge is 0.255 e. The Hall–Kier alpha value is -2.04. The SMILES string of the molecule is CCCCCCCCCCCCCCCCCCCCCCCCNC(=O)c1ccc(C(=O)NCCCCCCCCCCCCCCCCCCCCCCCC)c(OCCCCCCCCCC)c1. The molecule has 416 valence electrons. The average Bonchev–Trinajstić information content (AvgIpc) is 3.38. The Labute approximate surface area is 444 Å². The molecule has 1 aromatic carbocycles. The summed E-state index contributed by atoms with van der Waals surface area (Å²) in [5.74, 6) is 0.366. The zero-order valence-corrected chi connectivity index (χ0v) is 48.3. The maximum atomic E-state index is 13.4. The second-order valence-electron chi connectivity index (χ2n) is 22.4. The summed E-state index contributed by atoms with van der Waals surface area (Å²) < 4.78 is 6.26. The van der Waals surface area contributed by atoms with Gasteiger partial charge in [0.05, 0.1) is 12.2 Å². The fourth-order valence-corrected chi connectivity index (χ4v) is 10.5. The fraction of sp³-hybridized carbons (Fsp3) is 0.879. The molecule has 0 bridgehead atoms. The molecule has 0 atom stereocenters. The summed E-state index contributed by atoms with van der Waals surface area (Å²) in [6.07, 6.45) is 70.4. The van der Waals surface area contributed by atoms with Gasteiger partial charge in [0.25, 0.3) is 11.8 Å². The average molecular weight is 994 g/mol. The van der Waals surface area contributed by atoms with E-state index in [4.69, 9.17) is 4.74 Å². The fourth-order valence-electron chi connectivity index (χ4n) is 10.5. The third-order valence-corrected chi connectivity index (χ3v) is 15.4. The highest BCUT2D eigenvalue weighted by molar-refractivity contribution is 6.00. The minimum absolute atomic E-state index is 0.0767. The van der Waals surface area contributed by atoms with E-state index in [0.29, 0.717) is 36.6 Å². The van der Waals surface area contributed by atoms with Crippen molar-refractivity contribution >= 4 is 11.8 Å². The monoisotopic (exact) mass is 993 g/mol. The summed E-state index contributed by atoms with van der Waals surface area (Å²) in [6.45, 7) is 8.80. The number of hydrogen-bond acceptors (Lipinski definition) is 3. The van der Waals surface area contributed by atoms with E-state index in [2.05, 4.69) is 31.4 Å². The standard InChI is InChI=1S/C66H124N2O3/c1-4-7-10-13-16-19-21-23-25-27-29-31-33-35-37-39-41-43-45-47-50-53-58-67-65(69)62-56-57-63(64(61-62)71-60-55-52-49-18-15-12-9-6-3)66(70)68-59-54-51-48-46-44-42-40-38-36-34-32-30-28-26-24-22-20-17-14-11-8-5-2/h56-57,61H,4-55,58-60H2,1-3H3,(H,67,69)(H,68,70). The summed E-state index contributed by atoms with van der Waals surface area (Å²) in [4.78, 5) is 26.7. The molecule has 0 heterocycles. The second-order valence-corrected chi connectivity index (χ2v) is 22.4. The van der Waals surface area contributed by atoms with E-state index < -0.39 is 0 Å². The Morgan fingerprint density at radius 1 is 0.310 bits per heavy atom. The van der Waals surface area contributed by atoms with Gasteiger partial charge >= 0.3 is 0 Å². The van der Waals surface area contributed by atoms with Gasteiger partial charge in [-0.25, -0.2) is 0 Å². The van der Waals surface area contributed by atoms with E-state index in [9.17, 15) is 9.59 Å². The minimum Gasteiger partial charge on any atom is -0.493 e. The van der Waals surface area contributed by atoms with E-state index in [-0.39, 0.29) is 11.8 Å². The molecule has 1 rings (SSSR count). The molecule has 71 heavy (non-hydrogen) atoms. The number of unbranched alkanes of at least 4 members (excludes halogenated alkanes) is 49. The Kier molecular flexibility index (Phi) is 52.5. The molecule has 0 aliphatic rings. The second kappa shape index (κ2) is 55.7. The molecule has 2 N–H and O–H groups in total. The Morgan fingerprint density at radius 3 is 0.831 bits per heavy atom. The highest BCUT2D eigenvalue weighted by Gasteiger charge is 2.16. The third-order valence-electron chi connectivity index (χ3n) is 15.4. The molecule has 0 aliphatic carbocycles. The highest BCUT2D eigenvalue weighted by atomic mass is 16.5. The molecule has 0 aromatic heterocycles. The van der Waals surface area contributed by atoms with E-state index in [1.807, 2.05) is 0 Å². The Balaban J connectivity index is 2.20. The first-order chi connectivity index (χ1) is 35.1. The quantitative estimate of drug-likeness (QED) is 0.0639. The number of benzene rings is 1. The molecule has 0 unspecified atom stereocenters. The van der Waals surface area contributed by atoms with Crippen molar-refractivity contribution in [3.63, 3.8) is 0 Å². The molecule has 5 nitrogen and oxygen atoms in total. The molecule has 1 aromatic rings. The van der Waals surface area contributed by atoms with Crippen molar-refractivity contribution in [2.75, 3.05) is 19.7 Å². The lowest BCUT2D eigenvalue weighted by atomic mass is 10.0. The summed E-state index contributed by atoms with van der Waals surface area (Å²) in [7, 11) is 0. The van der Waals surface area contributed by atoms with Gasteiger partial charge in [-0.05, 0) is 37.5 Å². The number of carbonyl (C=O) groups excluding carboxylic acids is 2. The van der Waals surface area contributed by atoms with Crippen LogP contribution in [0.15, 0.2) is 18.2 Å². The van der Waals surface area contributed by atoms with E-state index in [1.165, 1.54) is 295 Å². The largest absolute Gasteiger partial charge is 0.493 e. The van der Waals surface area contributed by atoms with E-state index >= 15 is 0 Å². The topological polar surface area (TPSA) is 67.4 Å². The van der Waals surface area contributed by atoms with Gasteiger partial charge in [0, 0.05) is 18.7 Å². The zero-order chi connectivity index (χ0) is 51.0. The molecule has 0 spiro atoms. The number of hydrogen-bond donors (Lipinski definition) is 2. The normalized spacial score (nSPS) is 11.4. The Bertz CT molecular complexity index is 1250. The van der Waals surface area contributed by atoms with Gasteiger partial charge < -0.3 is 15.4 Å². The lowest BCUT2D eigenvalue weighted by molar-refractivity contribution is 0.0937. The van der Waals surface area contributed by atoms with Crippen LogP contribution in [0.4, 0.5) is 0 Å². The number of carbonyl (C=O) groups is 2. The molecule has 0 saturated heterocycles. The maximum absolute atomic E-state index is 13.4. The van der Waals surface area contributed by atoms with Gasteiger partial charge in [0.1, 0.15) is 5.75 Å². The minimum atomic E-state index is -0.0961. The van der Waals surface area contributed by atoms with Crippen LogP contribution in [0.3, 0.4) is 0 Å². The van der Waals surface area contributed by atoms with Crippen LogP contribution in [0.25, 0.3) is 0 Å². The molecule has 2 amide bonds.